The van der Waals surface area contributed by atoms with Crippen molar-refractivity contribution < 1.29 is 4.74 Å². The summed E-state index contributed by atoms with van der Waals surface area (Å²) < 4.78 is 5.57. The van der Waals surface area contributed by atoms with E-state index >= 15 is 0 Å². The molecule has 1 aliphatic heterocycles. The van der Waals surface area contributed by atoms with Gasteiger partial charge in [-0.3, -0.25) is 9.88 Å². The zero-order valence-electron chi connectivity index (χ0n) is 13.1. The van der Waals surface area contributed by atoms with Crippen LogP contribution in [0.4, 0.5) is 0 Å². The van der Waals surface area contributed by atoms with Crippen molar-refractivity contribution in [3.05, 3.63) is 30.1 Å². The fourth-order valence-electron chi connectivity index (χ4n) is 4.20. The van der Waals surface area contributed by atoms with Crippen molar-refractivity contribution >= 4 is 0 Å². The number of pyridine rings is 1. The third-order valence-electron chi connectivity index (χ3n) is 5.30. The van der Waals surface area contributed by atoms with Crippen LogP contribution in [0.1, 0.15) is 31.2 Å². The minimum atomic E-state index is 0.307. The lowest BCUT2D eigenvalue weighted by Gasteiger charge is -2.48. The number of hydrogen-bond donors (Lipinski definition) is 1. The number of nitrogens with one attached hydrogen (secondary N) is 1. The summed E-state index contributed by atoms with van der Waals surface area (Å²) in [5.41, 5.74) is 1.69. The van der Waals surface area contributed by atoms with E-state index in [0.29, 0.717) is 11.6 Å². The molecule has 1 N–H and O–H groups in total. The minimum Gasteiger partial charge on any atom is -0.379 e. The highest BCUT2D eigenvalue weighted by molar-refractivity contribution is 5.15. The van der Waals surface area contributed by atoms with Crippen LogP contribution >= 0.6 is 0 Å². The van der Waals surface area contributed by atoms with Gasteiger partial charge in [-0.05, 0) is 44.0 Å². The molecular weight excluding hydrogens is 262 g/mol. The molecule has 2 aliphatic rings. The predicted molar refractivity (Wildman–Crippen MR) is 84.4 cm³/mol. The van der Waals surface area contributed by atoms with E-state index in [2.05, 4.69) is 34.4 Å². The first-order valence-corrected chi connectivity index (χ1v) is 8.24. The van der Waals surface area contributed by atoms with E-state index in [9.17, 15) is 0 Å². The van der Waals surface area contributed by atoms with Crippen molar-refractivity contribution in [3.63, 3.8) is 0 Å². The molecule has 3 rings (SSSR count). The monoisotopic (exact) mass is 289 g/mol. The average Bonchev–Trinajstić information content (AvgIpc) is 3.05. The molecule has 0 aromatic carbocycles. The van der Waals surface area contributed by atoms with Gasteiger partial charge in [0.25, 0.3) is 0 Å². The molecule has 0 spiro atoms. The lowest BCUT2D eigenvalue weighted by atomic mass is 9.82. The number of ether oxygens (including phenoxy) is 1. The Balaban J connectivity index is 1.80. The molecule has 21 heavy (non-hydrogen) atoms. The zero-order chi connectivity index (χ0) is 14.5. The maximum absolute atomic E-state index is 5.57. The van der Waals surface area contributed by atoms with Gasteiger partial charge in [0, 0.05) is 37.1 Å². The Morgan fingerprint density at radius 3 is 2.52 bits per heavy atom. The molecule has 2 heterocycles. The van der Waals surface area contributed by atoms with Crippen LogP contribution in [-0.2, 0) is 11.2 Å². The van der Waals surface area contributed by atoms with Gasteiger partial charge in [-0.15, -0.1) is 0 Å². The molecule has 1 saturated carbocycles. The highest BCUT2D eigenvalue weighted by Crippen LogP contribution is 2.39. The fraction of sp³-hybridized carbons (Fsp3) is 0.706. The Kier molecular flexibility index (Phi) is 4.88. The Hall–Kier alpha value is -0.970. The van der Waals surface area contributed by atoms with Gasteiger partial charge in [-0.1, -0.05) is 12.8 Å². The summed E-state index contributed by atoms with van der Waals surface area (Å²) in [6, 6.07) is 4.79. The number of likely N-dealkylation sites (N-methyl/N-ethyl adjacent to an activating group) is 1. The zero-order valence-corrected chi connectivity index (χ0v) is 13.1. The normalized spacial score (nSPS) is 24.0. The van der Waals surface area contributed by atoms with E-state index in [0.717, 1.165) is 32.7 Å². The second-order valence-electron chi connectivity index (χ2n) is 6.31. The third-order valence-corrected chi connectivity index (χ3v) is 5.30. The lowest BCUT2D eigenvalue weighted by Crippen LogP contribution is -2.62. The fourth-order valence-corrected chi connectivity index (χ4v) is 4.20. The van der Waals surface area contributed by atoms with E-state index < -0.39 is 0 Å². The minimum absolute atomic E-state index is 0.307. The van der Waals surface area contributed by atoms with Crippen LogP contribution in [0.3, 0.4) is 0 Å². The van der Waals surface area contributed by atoms with E-state index in [4.69, 9.17) is 4.74 Å². The van der Waals surface area contributed by atoms with Crippen molar-refractivity contribution in [2.45, 2.75) is 43.7 Å². The van der Waals surface area contributed by atoms with E-state index in [1.54, 1.807) is 0 Å². The Morgan fingerprint density at radius 1 is 1.24 bits per heavy atom. The van der Waals surface area contributed by atoms with Crippen LogP contribution in [0, 0.1) is 0 Å². The number of aromatic nitrogens is 1. The molecular formula is C17H27N3O. The molecule has 1 aromatic rings. The summed E-state index contributed by atoms with van der Waals surface area (Å²) in [5.74, 6) is 0. The first-order valence-electron chi connectivity index (χ1n) is 8.24. The van der Waals surface area contributed by atoms with Gasteiger partial charge in [0.15, 0.2) is 0 Å². The van der Waals surface area contributed by atoms with E-state index in [-0.39, 0.29) is 0 Å². The number of rotatable bonds is 5. The predicted octanol–water partition coefficient (Wildman–Crippen LogP) is 1.86. The Bertz CT molecular complexity index is 425. The molecule has 1 saturated heterocycles. The second-order valence-corrected chi connectivity index (χ2v) is 6.31. The topological polar surface area (TPSA) is 37.4 Å². The van der Waals surface area contributed by atoms with Gasteiger partial charge in [-0.25, -0.2) is 0 Å². The Morgan fingerprint density at radius 2 is 1.90 bits per heavy atom. The van der Waals surface area contributed by atoms with Crippen LogP contribution in [-0.4, -0.2) is 54.8 Å². The van der Waals surface area contributed by atoms with Crippen molar-refractivity contribution in [1.82, 2.24) is 15.2 Å². The summed E-state index contributed by atoms with van der Waals surface area (Å²) in [5, 5.41) is 3.63. The summed E-state index contributed by atoms with van der Waals surface area (Å²) in [6.07, 6.45) is 10.2. The molecule has 1 unspecified atom stereocenters. The third kappa shape index (κ3) is 3.12. The van der Waals surface area contributed by atoms with Crippen molar-refractivity contribution in [2.75, 3.05) is 33.4 Å². The second kappa shape index (κ2) is 6.86. The maximum Gasteiger partial charge on any atom is 0.0594 e. The van der Waals surface area contributed by atoms with Crippen molar-refractivity contribution in [3.8, 4) is 0 Å². The number of morpholine rings is 1. The molecule has 0 radical (unpaired) electrons. The quantitative estimate of drug-likeness (QED) is 0.898. The molecule has 1 aromatic heterocycles. The number of nitrogens with zero attached hydrogens (tertiary/aromatic N) is 2. The number of hydrogen-bond acceptors (Lipinski definition) is 4. The van der Waals surface area contributed by atoms with Crippen LogP contribution in [0.5, 0.6) is 0 Å². The summed E-state index contributed by atoms with van der Waals surface area (Å²) in [6.45, 7) is 3.92. The lowest BCUT2D eigenvalue weighted by molar-refractivity contribution is -0.0347. The molecule has 1 atom stereocenters. The highest BCUT2D eigenvalue weighted by atomic mass is 16.5. The molecule has 4 heteroatoms. The molecule has 4 nitrogen and oxygen atoms in total. The van der Waals surface area contributed by atoms with Crippen LogP contribution in [0.25, 0.3) is 0 Å². The van der Waals surface area contributed by atoms with Gasteiger partial charge in [-0.2, -0.15) is 0 Å². The van der Waals surface area contributed by atoms with Crippen LogP contribution in [0.15, 0.2) is 24.5 Å². The van der Waals surface area contributed by atoms with Crippen LogP contribution in [0.2, 0.25) is 0 Å². The van der Waals surface area contributed by atoms with E-state index in [1.807, 2.05) is 12.4 Å². The van der Waals surface area contributed by atoms with Crippen LogP contribution < -0.4 is 5.32 Å². The molecule has 2 fully saturated rings. The molecule has 1 aliphatic carbocycles. The molecule has 0 amide bonds. The van der Waals surface area contributed by atoms with Crippen molar-refractivity contribution in [1.29, 1.82) is 0 Å². The van der Waals surface area contributed by atoms with Gasteiger partial charge in [0.2, 0.25) is 0 Å². The van der Waals surface area contributed by atoms with Gasteiger partial charge < -0.3 is 10.1 Å². The molecule has 0 bridgehead atoms. The standard InChI is InChI=1S/C17H27N3O/c1-18-16(14-15-4-8-19-9-5-15)17(6-2-3-7-17)20-10-12-21-13-11-20/h4-5,8-9,16,18H,2-3,6-7,10-14H2,1H3. The smallest absolute Gasteiger partial charge is 0.0594 e. The highest BCUT2D eigenvalue weighted by Gasteiger charge is 2.45. The maximum atomic E-state index is 5.57. The summed E-state index contributed by atoms with van der Waals surface area (Å²) in [4.78, 5) is 6.84. The molecule has 116 valence electrons. The van der Waals surface area contributed by atoms with Gasteiger partial charge in [0.05, 0.1) is 13.2 Å². The first kappa shape index (κ1) is 14.9. The van der Waals surface area contributed by atoms with Gasteiger partial charge in [0.1, 0.15) is 0 Å². The average molecular weight is 289 g/mol. The largest absolute Gasteiger partial charge is 0.379 e. The summed E-state index contributed by atoms with van der Waals surface area (Å²) >= 11 is 0. The summed E-state index contributed by atoms with van der Waals surface area (Å²) in [7, 11) is 2.12. The Labute approximate surface area is 127 Å². The SMILES string of the molecule is CNC(Cc1ccncc1)C1(N2CCOCC2)CCCC1. The first-order chi connectivity index (χ1) is 10.3. The van der Waals surface area contributed by atoms with Crippen molar-refractivity contribution in [2.24, 2.45) is 0 Å². The van der Waals surface area contributed by atoms with Gasteiger partial charge >= 0.3 is 0 Å². The van der Waals surface area contributed by atoms with E-state index in [1.165, 1.54) is 31.2 Å².